The monoisotopic (exact) mass is 238 g/mol. The van der Waals surface area contributed by atoms with E-state index in [4.69, 9.17) is 23.2 Å². The Balaban J connectivity index is 3.37. The first-order valence-corrected chi connectivity index (χ1v) is 5.42. The van der Waals surface area contributed by atoms with Gasteiger partial charge in [0.1, 0.15) is 0 Å². The summed E-state index contributed by atoms with van der Waals surface area (Å²) in [5.41, 5.74) is 0. The highest BCUT2D eigenvalue weighted by atomic mass is 35.5. The second kappa shape index (κ2) is 4.74. The van der Waals surface area contributed by atoms with Gasteiger partial charge in [0.2, 0.25) is 0 Å². The molecule has 0 bridgehead atoms. The van der Waals surface area contributed by atoms with Gasteiger partial charge < -0.3 is 10.2 Å². The average Bonchev–Trinajstić information content (AvgIpc) is 2.36. The Morgan fingerprint density at radius 3 is 1.69 bits per heavy atom. The molecule has 2 nitrogen and oxygen atoms in total. The molecule has 0 saturated carbocycles. The normalized spacial score (nSPS) is 14.0. The van der Waals surface area contributed by atoms with Crippen molar-refractivity contribution < 1.29 is 10.2 Å². The summed E-state index contributed by atoms with van der Waals surface area (Å²) < 4.78 is 1.15. The Morgan fingerprint density at radius 1 is 1.00 bits per heavy atom. The average molecular weight is 239 g/mol. The lowest BCUT2D eigenvalue weighted by molar-refractivity contribution is 0.403. The number of hydrogen-bond acceptors (Lipinski definition) is 3. The molecule has 0 saturated heterocycles. The summed E-state index contributed by atoms with van der Waals surface area (Å²) in [7, 11) is 0. The molecular formula is C8H8Cl2O2S. The van der Waals surface area contributed by atoms with Crippen molar-refractivity contribution in [2.24, 2.45) is 0 Å². The number of rotatable bonds is 2. The van der Waals surface area contributed by atoms with Gasteiger partial charge in [-0.15, -0.1) is 34.5 Å². The van der Waals surface area contributed by atoms with Crippen LogP contribution in [0.4, 0.5) is 0 Å². The summed E-state index contributed by atoms with van der Waals surface area (Å²) >= 11 is 12.2. The number of alkyl halides is 2. The SMILES string of the molecule is Oc1c(O)c(=CCCl)sc1=CCCl. The Kier molecular flexibility index (Phi) is 3.90. The Hall–Kier alpha value is -0.380. The molecule has 0 aliphatic heterocycles. The maximum Gasteiger partial charge on any atom is 0.176 e. The van der Waals surface area contributed by atoms with Crippen LogP contribution >= 0.6 is 34.5 Å². The summed E-state index contributed by atoms with van der Waals surface area (Å²) in [4.78, 5) is 0. The molecule has 72 valence electrons. The molecule has 13 heavy (non-hydrogen) atoms. The van der Waals surface area contributed by atoms with Crippen molar-refractivity contribution in [3.63, 3.8) is 0 Å². The summed E-state index contributed by atoms with van der Waals surface area (Å²) in [5.74, 6) is 0.353. The van der Waals surface area contributed by atoms with Crippen molar-refractivity contribution >= 4 is 46.7 Å². The molecule has 0 aliphatic rings. The summed E-state index contributed by atoms with van der Waals surface area (Å²) in [6, 6.07) is 0. The molecule has 0 atom stereocenters. The summed E-state index contributed by atoms with van der Waals surface area (Å²) in [6.07, 6.45) is 3.26. The third kappa shape index (κ3) is 2.30. The minimum atomic E-state index is -0.123. The van der Waals surface area contributed by atoms with Gasteiger partial charge in [-0.2, -0.15) is 0 Å². The van der Waals surface area contributed by atoms with Gasteiger partial charge in [0, 0.05) is 11.8 Å². The standard InChI is InChI=1S/C8H8Cl2O2S/c9-3-1-5-7(11)8(12)6(13-5)2-4-10/h1-2,11-12H,3-4H2. The van der Waals surface area contributed by atoms with Crippen LogP contribution in [0.5, 0.6) is 11.5 Å². The molecule has 0 radical (unpaired) electrons. The summed E-state index contributed by atoms with van der Waals surface area (Å²) in [6.45, 7) is 0. The van der Waals surface area contributed by atoms with Crippen LogP contribution in [-0.2, 0) is 0 Å². The van der Waals surface area contributed by atoms with Gasteiger partial charge in [-0.3, -0.25) is 0 Å². The maximum atomic E-state index is 9.38. The van der Waals surface area contributed by atoms with E-state index in [-0.39, 0.29) is 11.5 Å². The Morgan fingerprint density at radius 2 is 1.38 bits per heavy atom. The fourth-order valence-electron chi connectivity index (χ4n) is 0.865. The number of halogens is 2. The van der Waals surface area contributed by atoms with Gasteiger partial charge in [0.05, 0.1) is 9.06 Å². The van der Waals surface area contributed by atoms with E-state index in [1.54, 1.807) is 12.2 Å². The molecule has 5 heteroatoms. The first kappa shape index (κ1) is 10.7. The van der Waals surface area contributed by atoms with Crippen LogP contribution in [0.2, 0.25) is 0 Å². The molecular weight excluding hydrogens is 231 g/mol. The number of thiophene rings is 1. The minimum Gasteiger partial charge on any atom is -0.503 e. The second-order valence-electron chi connectivity index (χ2n) is 2.24. The Labute approximate surface area is 89.3 Å². The molecule has 0 unspecified atom stereocenters. The lowest BCUT2D eigenvalue weighted by atomic mass is 10.4. The molecule has 1 heterocycles. The molecule has 1 aromatic rings. The topological polar surface area (TPSA) is 40.5 Å². The van der Waals surface area contributed by atoms with E-state index in [1.165, 1.54) is 11.3 Å². The molecule has 0 aromatic carbocycles. The van der Waals surface area contributed by atoms with E-state index in [0.717, 1.165) is 0 Å². The van der Waals surface area contributed by atoms with Crippen molar-refractivity contribution in [1.82, 2.24) is 0 Å². The van der Waals surface area contributed by atoms with Gasteiger partial charge >= 0.3 is 0 Å². The molecule has 1 aromatic heterocycles. The fourth-order valence-corrected chi connectivity index (χ4v) is 2.31. The van der Waals surface area contributed by atoms with Crippen LogP contribution < -0.4 is 9.06 Å². The van der Waals surface area contributed by atoms with Gasteiger partial charge in [0.15, 0.2) is 11.5 Å². The lowest BCUT2D eigenvalue weighted by Crippen LogP contribution is -1.93. The predicted molar refractivity (Wildman–Crippen MR) is 57.3 cm³/mol. The minimum absolute atomic E-state index is 0.123. The van der Waals surface area contributed by atoms with Crippen molar-refractivity contribution in [1.29, 1.82) is 0 Å². The number of hydrogen-bond donors (Lipinski definition) is 2. The van der Waals surface area contributed by atoms with E-state index in [0.29, 0.717) is 20.8 Å². The summed E-state index contributed by atoms with van der Waals surface area (Å²) in [5, 5.41) is 18.8. The molecule has 0 amide bonds. The van der Waals surface area contributed by atoms with Crippen LogP contribution in [0.3, 0.4) is 0 Å². The van der Waals surface area contributed by atoms with Gasteiger partial charge in [-0.05, 0) is 12.2 Å². The van der Waals surface area contributed by atoms with E-state index in [9.17, 15) is 10.2 Å². The third-order valence-corrected chi connectivity index (χ3v) is 2.90. The van der Waals surface area contributed by atoms with Crippen LogP contribution in [-0.4, -0.2) is 22.0 Å². The van der Waals surface area contributed by atoms with Crippen LogP contribution in [0, 0.1) is 0 Å². The van der Waals surface area contributed by atoms with Crippen molar-refractivity contribution in [2.45, 2.75) is 0 Å². The number of aromatic hydroxyl groups is 2. The highest BCUT2D eigenvalue weighted by Crippen LogP contribution is 2.16. The van der Waals surface area contributed by atoms with E-state index in [1.807, 2.05) is 0 Å². The zero-order chi connectivity index (χ0) is 9.84. The molecule has 0 spiro atoms. The van der Waals surface area contributed by atoms with Crippen LogP contribution in [0.15, 0.2) is 0 Å². The molecule has 0 aliphatic carbocycles. The van der Waals surface area contributed by atoms with E-state index < -0.39 is 0 Å². The third-order valence-electron chi connectivity index (χ3n) is 1.44. The smallest absolute Gasteiger partial charge is 0.176 e. The first-order valence-electron chi connectivity index (χ1n) is 3.53. The quantitative estimate of drug-likeness (QED) is 0.761. The van der Waals surface area contributed by atoms with Crippen molar-refractivity contribution in [3.05, 3.63) is 9.06 Å². The van der Waals surface area contributed by atoms with E-state index in [2.05, 4.69) is 0 Å². The molecule has 2 N–H and O–H groups in total. The van der Waals surface area contributed by atoms with E-state index >= 15 is 0 Å². The zero-order valence-electron chi connectivity index (χ0n) is 6.63. The first-order chi connectivity index (χ1) is 6.20. The molecule has 1 rings (SSSR count). The second-order valence-corrected chi connectivity index (χ2v) is 3.95. The van der Waals surface area contributed by atoms with Gasteiger partial charge in [0.25, 0.3) is 0 Å². The van der Waals surface area contributed by atoms with Gasteiger partial charge in [-0.1, -0.05) is 0 Å². The Bertz CT molecular complexity index is 361. The maximum absolute atomic E-state index is 9.38. The van der Waals surface area contributed by atoms with Crippen molar-refractivity contribution in [2.75, 3.05) is 11.8 Å². The molecule has 0 fully saturated rings. The van der Waals surface area contributed by atoms with Gasteiger partial charge in [-0.25, -0.2) is 0 Å². The van der Waals surface area contributed by atoms with Crippen LogP contribution in [0.25, 0.3) is 12.2 Å². The largest absolute Gasteiger partial charge is 0.503 e. The van der Waals surface area contributed by atoms with Crippen molar-refractivity contribution in [3.8, 4) is 11.5 Å². The predicted octanol–water partition coefficient (Wildman–Crippen LogP) is 1.20. The lowest BCUT2D eigenvalue weighted by Gasteiger charge is -1.85. The fraction of sp³-hybridized carbons (Fsp3) is 0.250. The zero-order valence-corrected chi connectivity index (χ0v) is 8.96. The highest BCUT2D eigenvalue weighted by molar-refractivity contribution is 7.08. The van der Waals surface area contributed by atoms with Crippen LogP contribution in [0.1, 0.15) is 0 Å². The highest BCUT2D eigenvalue weighted by Gasteiger charge is 2.05.